The van der Waals surface area contributed by atoms with Gasteiger partial charge in [0.25, 0.3) is 5.91 Å². The zero-order chi connectivity index (χ0) is 27.8. The molecule has 1 unspecified atom stereocenters. The van der Waals surface area contributed by atoms with Crippen molar-refractivity contribution in [2.75, 3.05) is 16.8 Å². The smallest absolute Gasteiger partial charge is 0.251 e. The maximum Gasteiger partial charge on any atom is 0.251 e. The lowest BCUT2D eigenvalue weighted by atomic mass is 9.93. The summed E-state index contributed by atoms with van der Waals surface area (Å²) in [7, 11) is -3.04. The Morgan fingerprint density at radius 1 is 1.21 bits per heavy atom. The number of aliphatic hydroxyl groups excluding tert-OH is 1. The van der Waals surface area contributed by atoms with Crippen LogP contribution in [0, 0.1) is 17.6 Å². The number of nitrogens with zero attached hydrogens (tertiary/aromatic N) is 1. The van der Waals surface area contributed by atoms with Crippen LogP contribution < -0.4 is 11.1 Å². The van der Waals surface area contributed by atoms with Crippen LogP contribution in [0.1, 0.15) is 48.3 Å². The van der Waals surface area contributed by atoms with Gasteiger partial charge in [-0.3, -0.25) is 4.79 Å². The topological polar surface area (TPSA) is 143 Å². The van der Waals surface area contributed by atoms with Gasteiger partial charge in [0.1, 0.15) is 32.3 Å². The van der Waals surface area contributed by atoms with E-state index in [1.807, 2.05) is 0 Å². The highest BCUT2D eigenvalue weighted by atomic mass is 32.2. The number of hydrogen-bond acceptors (Lipinski definition) is 8. The molecule has 1 aromatic carbocycles. The Bertz CT molecular complexity index is 1430. The van der Waals surface area contributed by atoms with Gasteiger partial charge >= 0.3 is 0 Å². The zero-order valence-corrected chi connectivity index (χ0v) is 22.5. The Morgan fingerprint density at radius 3 is 2.42 bits per heavy atom. The van der Waals surface area contributed by atoms with Gasteiger partial charge in [-0.1, -0.05) is 6.07 Å². The van der Waals surface area contributed by atoms with E-state index < -0.39 is 39.1 Å². The third-order valence-corrected chi connectivity index (χ3v) is 9.39. The summed E-state index contributed by atoms with van der Waals surface area (Å²) in [5.41, 5.74) is 4.37. The molecule has 0 saturated carbocycles. The van der Waals surface area contributed by atoms with Crippen molar-refractivity contribution in [3.63, 3.8) is 0 Å². The number of halogens is 2. The average Bonchev–Trinajstić information content (AvgIpc) is 3.21. The van der Waals surface area contributed by atoms with Crippen LogP contribution in [0.2, 0.25) is 0 Å². The van der Waals surface area contributed by atoms with Gasteiger partial charge in [0.05, 0.1) is 34.3 Å². The molecule has 1 amide bonds. The number of hydrogen-bond donors (Lipinski definition) is 4. The Balaban J connectivity index is 1.57. The van der Waals surface area contributed by atoms with E-state index >= 15 is 0 Å². The van der Waals surface area contributed by atoms with Gasteiger partial charge in [0, 0.05) is 17.0 Å². The van der Waals surface area contributed by atoms with Crippen LogP contribution in [-0.2, 0) is 21.9 Å². The minimum atomic E-state index is -3.04. The van der Waals surface area contributed by atoms with Crippen molar-refractivity contribution in [1.29, 1.82) is 0 Å². The fraction of sp³-hybridized carbons (Fsp3) is 0.385. The average molecular weight is 566 g/mol. The maximum atomic E-state index is 14.9. The number of aliphatic hydroxyl groups is 2. The molecule has 3 aromatic rings. The van der Waals surface area contributed by atoms with Crippen molar-refractivity contribution < 1.29 is 32.2 Å². The zero-order valence-electron chi connectivity index (χ0n) is 20.9. The van der Waals surface area contributed by atoms with Gasteiger partial charge in [-0.15, -0.1) is 11.3 Å². The first-order chi connectivity index (χ1) is 17.7. The first-order valence-corrected chi connectivity index (χ1v) is 14.6. The van der Waals surface area contributed by atoms with Crippen LogP contribution in [-0.4, -0.2) is 47.1 Å². The van der Waals surface area contributed by atoms with E-state index in [2.05, 4.69) is 10.3 Å². The maximum absolute atomic E-state index is 14.9. The van der Waals surface area contributed by atoms with Crippen LogP contribution in [0.4, 0.5) is 19.6 Å². The molecule has 2 aromatic heterocycles. The molecule has 0 bridgehead atoms. The Kier molecular flexibility index (Phi) is 7.89. The van der Waals surface area contributed by atoms with E-state index in [9.17, 15) is 32.2 Å². The number of rotatable bonds is 8. The van der Waals surface area contributed by atoms with Crippen molar-refractivity contribution in [2.24, 2.45) is 11.7 Å². The first-order valence-electron chi connectivity index (χ1n) is 12.0. The molecule has 8 nitrogen and oxygen atoms in total. The minimum absolute atomic E-state index is 0.0195. The molecule has 12 heteroatoms. The summed E-state index contributed by atoms with van der Waals surface area (Å²) in [6.45, 7) is 2.83. The standard InChI is InChI=1S/C26H29F2N3O5S2/c1-26(2,34)15-10-18(27)23(19(28)11-15)21-13-17(24(29)33)25(37-21)31-22-5-3-4-16(30-22)12-20(32)14-6-8-38(35,36)9-7-14/h3-5,10-11,13-14,20,32,34H,6-9,12H2,1-2H3,(H2,29,33)(H,30,31). The molecule has 0 aliphatic carbocycles. The van der Waals surface area contributed by atoms with E-state index in [1.165, 1.54) is 19.9 Å². The summed E-state index contributed by atoms with van der Waals surface area (Å²) in [5, 5.41) is 24.0. The van der Waals surface area contributed by atoms with Crippen LogP contribution in [0.3, 0.4) is 0 Å². The van der Waals surface area contributed by atoms with E-state index in [4.69, 9.17) is 5.73 Å². The number of primary amides is 1. The highest BCUT2D eigenvalue weighted by Crippen LogP contribution is 2.40. The lowest BCUT2D eigenvalue weighted by Crippen LogP contribution is -2.32. The van der Waals surface area contributed by atoms with Crippen LogP contribution >= 0.6 is 11.3 Å². The second-order valence-corrected chi connectivity index (χ2v) is 13.3. The Labute approximate surface area is 223 Å². The normalized spacial score (nSPS) is 16.8. The summed E-state index contributed by atoms with van der Waals surface area (Å²) in [6, 6.07) is 8.45. The number of carbonyl (C=O) groups excluding carboxylic acids is 1. The van der Waals surface area contributed by atoms with Crippen molar-refractivity contribution in [2.45, 2.75) is 44.8 Å². The van der Waals surface area contributed by atoms with Crippen LogP contribution in [0.15, 0.2) is 36.4 Å². The molecule has 1 saturated heterocycles. The monoisotopic (exact) mass is 565 g/mol. The SMILES string of the molecule is CC(C)(O)c1cc(F)c(-c2cc(C(N)=O)c(Nc3cccc(CC(O)C4CCS(=O)(=O)CC4)n3)s2)c(F)c1. The number of carbonyl (C=O) groups is 1. The van der Waals surface area contributed by atoms with Gasteiger partial charge in [-0.05, 0) is 68.5 Å². The fourth-order valence-corrected chi connectivity index (χ4v) is 7.05. The van der Waals surface area contributed by atoms with Crippen LogP contribution in [0.5, 0.6) is 0 Å². The van der Waals surface area contributed by atoms with Crippen molar-refractivity contribution >= 4 is 37.9 Å². The molecule has 204 valence electrons. The van der Waals surface area contributed by atoms with Crippen LogP contribution in [0.25, 0.3) is 10.4 Å². The summed E-state index contributed by atoms with van der Waals surface area (Å²) in [6.07, 6.45) is 0.236. The molecule has 1 aliphatic heterocycles. The van der Waals surface area contributed by atoms with Gasteiger partial charge in [0.2, 0.25) is 0 Å². The number of nitrogens with two attached hydrogens (primary N) is 1. The molecule has 3 heterocycles. The number of amides is 1. The molecule has 4 rings (SSSR count). The van der Waals surface area contributed by atoms with E-state index in [0.29, 0.717) is 24.4 Å². The number of sulfone groups is 1. The largest absolute Gasteiger partial charge is 0.392 e. The number of thiophene rings is 1. The predicted octanol–water partition coefficient (Wildman–Crippen LogP) is 3.89. The lowest BCUT2D eigenvalue weighted by molar-refractivity contribution is 0.0778. The van der Waals surface area contributed by atoms with E-state index in [-0.39, 0.29) is 50.4 Å². The number of anilines is 2. The molecule has 1 fully saturated rings. The second-order valence-electron chi connectivity index (χ2n) is 9.99. The second kappa shape index (κ2) is 10.7. The van der Waals surface area contributed by atoms with Gasteiger partial charge in [0.15, 0.2) is 0 Å². The summed E-state index contributed by atoms with van der Waals surface area (Å²) in [4.78, 5) is 16.7. The predicted molar refractivity (Wildman–Crippen MR) is 142 cm³/mol. The fourth-order valence-electron chi connectivity index (χ4n) is 4.41. The van der Waals surface area contributed by atoms with E-state index in [0.717, 1.165) is 23.5 Å². The number of nitrogens with one attached hydrogen (secondary N) is 1. The highest BCUT2D eigenvalue weighted by Gasteiger charge is 2.29. The molecule has 38 heavy (non-hydrogen) atoms. The Hall–Kier alpha value is -2.93. The quantitative estimate of drug-likeness (QED) is 0.325. The number of pyridine rings is 1. The number of benzene rings is 1. The molecule has 1 aliphatic rings. The van der Waals surface area contributed by atoms with Crippen molar-refractivity contribution in [1.82, 2.24) is 4.98 Å². The van der Waals surface area contributed by atoms with Gasteiger partial charge in [-0.25, -0.2) is 22.2 Å². The summed E-state index contributed by atoms with van der Waals surface area (Å²) in [5.74, 6) is -2.29. The van der Waals surface area contributed by atoms with Gasteiger partial charge in [-0.2, -0.15) is 0 Å². The summed E-state index contributed by atoms with van der Waals surface area (Å²) < 4.78 is 53.2. The molecule has 0 spiro atoms. The number of aromatic nitrogens is 1. The lowest BCUT2D eigenvalue weighted by Gasteiger charge is -2.26. The molecular weight excluding hydrogens is 536 g/mol. The minimum Gasteiger partial charge on any atom is -0.392 e. The molecule has 1 atom stereocenters. The summed E-state index contributed by atoms with van der Waals surface area (Å²) >= 11 is 0.919. The molecular formula is C26H29F2N3O5S2. The molecule has 5 N–H and O–H groups in total. The van der Waals surface area contributed by atoms with Crippen molar-refractivity contribution in [3.8, 4) is 10.4 Å². The molecule has 0 radical (unpaired) electrons. The van der Waals surface area contributed by atoms with Crippen molar-refractivity contribution in [3.05, 3.63) is 64.9 Å². The third-order valence-electron chi connectivity index (χ3n) is 6.60. The Morgan fingerprint density at radius 2 is 1.84 bits per heavy atom. The first kappa shape index (κ1) is 28.1. The van der Waals surface area contributed by atoms with E-state index in [1.54, 1.807) is 18.2 Å². The van der Waals surface area contributed by atoms with Gasteiger partial charge < -0.3 is 21.3 Å². The highest BCUT2D eigenvalue weighted by molar-refractivity contribution is 7.91. The third kappa shape index (κ3) is 6.37.